The molecule has 5 nitrogen and oxygen atoms in total. The highest BCUT2D eigenvalue weighted by molar-refractivity contribution is 5.81. The molecule has 1 unspecified atom stereocenters. The van der Waals surface area contributed by atoms with Crippen LogP contribution in [-0.2, 0) is 11.3 Å². The Hall–Kier alpha value is -1.75. The fourth-order valence-electron chi connectivity index (χ4n) is 2.30. The summed E-state index contributed by atoms with van der Waals surface area (Å²) in [6.07, 6.45) is 3.21. The van der Waals surface area contributed by atoms with E-state index in [0.717, 1.165) is 43.5 Å². The largest absolute Gasteiger partial charge is 0.493 e. The van der Waals surface area contributed by atoms with E-state index in [2.05, 4.69) is 12.2 Å². The molecule has 116 valence electrons. The Bertz CT molecular complexity index is 477. The van der Waals surface area contributed by atoms with Crippen molar-refractivity contribution in [3.63, 3.8) is 0 Å². The lowest BCUT2D eigenvalue weighted by molar-refractivity contribution is -0.127. The summed E-state index contributed by atoms with van der Waals surface area (Å²) in [6.45, 7) is 3.81. The van der Waals surface area contributed by atoms with E-state index in [1.807, 2.05) is 18.2 Å². The molecule has 0 radical (unpaired) electrons. The van der Waals surface area contributed by atoms with Crippen LogP contribution in [0.3, 0.4) is 0 Å². The molecule has 0 saturated carbocycles. The van der Waals surface area contributed by atoms with Crippen LogP contribution in [0.2, 0.25) is 0 Å². The molecule has 21 heavy (non-hydrogen) atoms. The maximum Gasteiger partial charge on any atom is 0.261 e. The van der Waals surface area contributed by atoms with Crippen LogP contribution >= 0.6 is 0 Å². The fourth-order valence-corrected chi connectivity index (χ4v) is 2.30. The van der Waals surface area contributed by atoms with Gasteiger partial charge in [-0.2, -0.15) is 0 Å². The summed E-state index contributed by atoms with van der Waals surface area (Å²) >= 11 is 0. The Morgan fingerprint density at radius 1 is 1.38 bits per heavy atom. The SMILES string of the molecule is CCCOc1ccc(CN)c(OC2CCCCNC2=O)c1. The molecule has 2 rings (SSSR count). The third-order valence-corrected chi connectivity index (χ3v) is 3.49. The zero-order valence-electron chi connectivity index (χ0n) is 12.6. The lowest BCUT2D eigenvalue weighted by atomic mass is 10.1. The van der Waals surface area contributed by atoms with Crippen LogP contribution in [0.4, 0.5) is 0 Å². The predicted octanol–water partition coefficient (Wildman–Crippen LogP) is 1.98. The van der Waals surface area contributed by atoms with Gasteiger partial charge in [-0.15, -0.1) is 0 Å². The smallest absolute Gasteiger partial charge is 0.261 e. The lowest BCUT2D eigenvalue weighted by Crippen LogP contribution is -2.36. The van der Waals surface area contributed by atoms with Gasteiger partial charge in [-0.05, 0) is 31.7 Å². The summed E-state index contributed by atoms with van der Waals surface area (Å²) in [5.74, 6) is 1.35. The maximum absolute atomic E-state index is 12.0. The van der Waals surface area contributed by atoms with Crippen molar-refractivity contribution >= 4 is 5.91 Å². The number of hydrogen-bond donors (Lipinski definition) is 2. The zero-order chi connectivity index (χ0) is 15.1. The number of ether oxygens (including phenoxy) is 2. The van der Waals surface area contributed by atoms with Crippen molar-refractivity contribution in [2.75, 3.05) is 13.2 Å². The van der Waals surface area contributed by atoms with Crippen LogP contribution in [0.25, 0.3) is 0 Å². The molecule has 1 heterocycles. The second kappa shape index (κ2) is 7.88. The molecule has 3 N–H and O–H groups in total. The molecule has 1 aliphatic heterocycles. The first kappa shape index (κ1) is 15.6. The Labute approximate surface area is 125 Å². The highest BCUT2D eigenvalue weighted by Gasteiger charge is 2.23. The zero-order valence-corrected chi connectivity index (χ0v) is 12.6. The summed E-state index contributed by atoms with van der Waals surface area (Å²) in [7, 11) is 0. The van der Waals surface area contributed by atoms with Crippen molar-refractivity contribution in [1.29, 1.82) is 0 Å². The minimum Gasteiger partial charge on any atom is -0.493 e. The summed E-state index contributed by atoms with van der Waals surface area (Å²) in [6, 6.07) is 5.61. The van der Waals surface area contributed by atoms with Gasteiger partial charge in [0, 0.05) is 24.7 Å². The summed E-state index contributed by atoms with van der Waals surface area (Å²) in [5.41, 5.74) is 6.64. The minimum absolute atomic E-state index is 0.0460. The topological polar surface area (TPSA) is 73.6 Å². The van der Waals surface area contributed by atoms with Crippen molar-refractivity contribution in [2.24, 2.45) is 5.73 Å². The van der Waals surface area contributed by atoms with Gasteiger partial charge in [-0.3, -0.25) is 4.79 Å². The van der Waals surface area contributed by atoms with Gasteiger partial charge in [-0.25, -0.2) is 0 Å². The number of benzene rings is 1. The van der Waals surface area contributed by atoms with E-state index in [0.29, 0.717) is 18.9 Å². The molecular formula is C16H24N2O3. The van der Waals surface area contributed by atoms with Gasteiger partial charge < -0.3 is 20.5 Å². The standard InChI is InChI=1S/C16H24N2O3/c1-2-9-20-13-7-6-12(11-17)15(10-13)21-14-5-3-4-8-18-16(14)19/h6-7,10,14H,2-5,8-9,11,17H2,1H3,(H,18,19). The van der Waals surface area contributed by atoms with Crippen molar-refractivity contribution in [1.82, 2.24) is 5.32 Å². The number of nitrogens with two attached hydrogens (primary N) is 1. The van der Waals surface area contributed by atoms with E-state index in [1.165, 1.54) is 0 Å². The van der Waals surface area contributed by atoms with Gasteiger partial charge in [0.2, 0.25) is 0 Å². The molecule has 0 spiro atoms. The number of carbonyl (C=O) groups is 1. The Morgan fingerprint density at radius 3 is 3.00 bits per heavy atom. The van der Waals surface area contributed by atoms with Crippen LogP contribution in [0, 0.1) is 0 Å². The maximum atomic E-state index is 12.0. The Kier molecular flexibility index (Phi) is 5.87. The minimum atomic E-state index is -0.445. The van der Waals surface area contributed by atoms with E-state index in [1.54, 1.807) is 0 Å². The molecule has 1 saturated heterocycles. The first-order chi connectivity index (χ1) is 10.2. The number of amides is 1. The second-order valence-corrected chi connectivity index (χ2v) is 5.22. The predicted molar refractivity (Wildman–Crippen MR) is 81.4 cm³/mol. The van der Waals surface area contributed by atoms with Crippen molar-refractivity contribution < 1.29 is 14.3 Å². The molecule has 1 fully saturated rings. The van der Waals surface area contributed by atoms with Crippen LogP contribution in [-0.4, -0.2) is 25.2 Å². The number of nitrogens with one attached hydrogen (secondary N) is 1. The fraction of sp³-hybridized carbons (Fsp3) is 0.562. The molecule has 1 atom stereocenters. The molecule has 1 aromatic rings. The third kappa shape index (κ3) is 4.36. The van der Waals surface area contributed by atoms with Crippen LogP contribution in [0.1, 0.15) is 38.2 Å². The highest BCUT2D eigenvalue weighted by atomic mass is 16.5. The summed E-state index contributed by atoms with van der Waals surface area (Å²) in [5, 5.41) is 2.87. The third-order valence-electron chi connectivity index (χ3n) is 3.49. The number of rotatable bonds is 6. The monoisotopic (exact) mass is 292 g/mol. The average molecular weight is 292 g/mol. The van der Waals surface area contributed by atoms with Crippen LogP contribution in [0.5, 0.6) is 11.5 Å². The summed E-state index contributed by atoms with van der Waals surface area (Å²) < 4.78 is 11.5. The van der Waals surface area contributed by atoms with E-state index in [4.69, 9.17) is 15.2 Å². The lowest BCUT2D eigenvalue weighted by Gasteiger charge is -2.19. The van der Waals surface area contributed by atoms with Crippen LogP contribution < -0.4 is 20.5 Å². The molecule has 1 aliphatic rings. The van der Waals surface area contributed by atoms with E-state index < -0.39 is 6.10 Å². The molecular weight excluding hydrogens is 268 g/mol. The quantitative estimate of drug-likeness (QED) is 0.841. The molecule has 0 aromatic heterocycles. The molecule has 1 amide bonds. The Morgan fingerprint density at radius 2 is 2.24 bits per heavy atom. The van der Waals surface area contributed by atoms with E-state index >= 15 is 0 Å². The average Bonchev–Trinajstić information content (AvgIpc) is 2.70. The van der Waals surface area contributed by atoms with E-state index in [9.17, 15) is 4.79 Å². The van der Waals surface area contributed by atoms with Crippen molar-refractivity contribution in [3.05, 3.63) is 23.8 Å². The van der Waals surface area contributed by atoms with Gasteiger partial charge in [0.05, 0.1) is 6.61 Å². The van der Waals surface area contributed by atoms with E-state index in [-0.39, 0.29) is 5.91 Å². The number of hydrogen-bond acceptors (Lipinski definition) is 4. The Balaban J connectivity index is 2.13. The normalized spacial score (nSPS) is 18.8. The molecule has 0 bridgehead atoms. The molecule has 5 heteroatoms. The second-order valence-electron chi connectivity index (χ2n) is 5.22. The first-order valence-corrected chi connectivity index (χ1v) is 7.64. The van der Waals surface area contributed by atoms with Gasteiger partial charge in [0.25, 0.3) is 5.91 Å². The highest BCUT2D eigenvalue weighted by Crippen LogP contribution is 2.27. The molecule has 1 aromatic carbocycles. The first-order valence-electron chi connectivity index (χ1n) is 7.64. The van der Waals surface area contributed by atoms with Crippen LogP contribution in [0.15, 0.2) is 18.2 Å². The number of carbonyl (C=O) groups excluding carboxylic acids is 1. The van der Waals surface area contributed by atoms with Crippen molar-refractivity contribution in [2.45, 2.75) is 45.3 Å². The van der Waals surface area contributed by atoms with Gasteiger partial charge in [0.1, 0.15) is 11.5 Å². The molecule has 0 aliphatic carbocycles. The van der Waals surface area contributed by atoms with Gasteiger partial charge in [0.15, 0.2) is 6.10 Å². The summed E-state index contributed by atoms with van der Waals surface area (Å²) in [4.78, 5) is 12.0. The van der Waals surface area contributed by atoms with Gasteiger partial charge in [-0.1, -0.05) is 13.0 Å². The van der Waals surface area contributed by atoms with Gasteiger partial charge >= 0.3 is 0 Å². The van der Waals surface area contributed by atoms with Crippen molar-refractivity contribution in [3.8, 4) is 11.5 Å².